The fraction of sp³-hybridized carbons (Fsp3) is 0.385. The second kappa shape index (κ2) is 6.21. The van der Waals surface area contributed by atoms with Gasteiger partial charge in [0.2, 0.25) is 0 Å². The van der Waals surface area contributed by atoms with Gasteiger partial charge in [0.05, 0.1) is 31.1 Å². The number of nitrogens with one attached hydrogen (secondary N) is 1. The molecule has 100 valence electrons. The predicted molar refractivity (Wildman–Crippen MR) is 74.6 cm³/mol. The minimum absolute atomic E-state index is 0.753. The molecule has 0 aliphatic carbocycles. The zero-order valence-electron chi connectivity index (χ0n) is 10.6. The molecule has 0 radical (unpaired) electrons. The van der Waals surface area contributed by atoms with Gasteiger partial charge in [-0.15, -0.1) is 11.3 Å². The molecule has 0 saturated carbocycles. The van der Waals surface area contributed by atoms with Crippen LogP contribution in [0.3, 0.4) is 0 Å². The normalized spacial score (nSPS) is 16.6. The zero-order valence-corrected chi connectivity index (χ0v) is 11.4. The maximum absolute atomic E-state index is 5.31. The first-order valence-electron chi connectivity index (χ1n) is 6.34. The summed E-state index contributed by atoms with van der Waals surface area (Å²) in [7, 11) is 0. The van der Waals surface area contributed by atoms with Crippen molar-refractivity contribution in [2.75, 3.05) is 26.3 Å². The summed E-state index contributed by atoms with van der Waals surface area (Å²) >= 11 is 1.63. The molecule has 1 N–H and O–H groups in total. The van der Waals surface area contributed by atoms with E-state index in [1.807, 2.05) is 18.2 Å². The van der Waals surface area contributed by atoms with Gasteiger partial charge in [-0.3, -0.25) is 4.98 Å². The van der Waals surface area contributed by atoms with E-state index in [1.165, 1.54) is 0 Å². The van der Waals surface area contributed by atoms with Crippen molar-refractivity contribution >= 4 is 11.3 Å². The van der Waals surface area contributed by atoms with Crippen LogP contribution in [0.2, 0.25) is 0 Å². The molecule has 1 aliphatic heterocycles. The van der Waals surface area contributed by atoms with Crippen LogP contribution >= 0.6 is 11.3 Å². The Balaban J connectivity index is 1.59. The van der Waals surface area contributed by atoms with Crippen molar-refractivity contribution in [3.05, 3.63) is 35.5 Å². The Morgan fingerprint density at radius 2 is 2.21 bits per heavy atom. The fourth-order valence-electron chi connectivity index (χ4n) is 1.91. The van der Waals surface area contributed by atoms with E-state index in [1.54, 1.807) is 17.5 Å². The van der Waals surface area contributed by atoms with Crippen LogP contribution in [0.15, 0.2) is 29.8 Å². The summed E-state index contributed by atoms with van der Waals surface area (Å²) in [6.45, 7) is 4.20. The Labute approximate surface area is 116 Å². The molecule has 2 aromatic heterocycles. The van der Waals surface area contributed by atoms with Gasteiger partial charge in [-0.2, -0.15) is 0 Å². The van der Waals surface area contributed by atoms with E-state index in [0.29, 0.717) is 0 Å². The molecule has 1 saturated heterocycles. The van der Waals surface area contributed by atoms with E-state index in [-0.39, 0.29) is 0 Å². The molecular formula is C13H16N4OS. The largest absolute Gasteiger partial charge is 0.379 e. The van der Waals surface area contributed by atoms with Gasteiger partial charge < -0.3 is 4.74 Å². The van der Waals surface area contributed by atoms with Crippen LogP contribution in [0.5, 0.6) is 0 Å². The van der Waals surface area contributed by atoms with E-state index in [4.69, 9.17) is 4.74 Å². The Morgan fingerprint density at radius 3 is 3.00 bits per heavy atom. The Bertz CT molecular complexity index is 510. The molecule has 2 aromatic rings. The molecule has 0 unspecified atom stereocenters. The standard InChI is InChI=1S/C13H16N4OS/c1-2-4-14-12(3-1)13-16-11(10-19-13)9-15-17-5-7-18-8-6-17/h1-4,10,15H,5-9H2. The van der Waals surface area contributed by atoms with Crippen LogP contribution in [0.25, 0.3) is 10.7 Å². The summed E-state index contributed by atoms with van der Waals surface area (Å²) in [5.74, 6) is 0. The number of rotatable bonds is 4. The number of pyridine rings is 1. The van der Waals surface area contributed by atoms with Gasteiger partial charge in [0.15, 0.2) is 0 Å². The number of ether oxygens (including phenoxy) is 1. The number of aromatic nitrogens is 2. The van der Waals surface area contributed by atoms with Gasteiger partial charge >= 0.3 is 0 Å². The van der Waals surface area contributed by atoms with Gasteiger partial charge in [-0.1, -0.05) is 6.07 Å². The summed E-state index contributed by atoms with van der Waals surface area (Å²) in [6.07, 6.45) is 1.79. The van der Waals surface area contributed by atoms with Gasteiger partial charge in [-0.25, -0.2) is 15.4 Å². The summed E-state index contributed by atoms with van der Waals surface area (Å²) in [5.41, 5.74) is 5.37. The zero-order chi connectivity index (χ0) is 12.9. The summed E-state index contributed by atoms with van der Waals surface area (Å²) in [5, 5.41) is 5.24. The third-order valence-corrected chi connectivity index (χ3v) is 3.84. The van der Waals surface area contributed by atoms with Crippen molar-refractivity contribution in [3.63, 3.8) is 0 Å². The topological polar surface area (TPSA) is 50.3 Å². The molecule has 3 heterocycles. The highest BCUT2D eigenvalue weighted by Crippen LogP contribution is 2.21. The van der Waals surface area contributed by atoms with Crippen LogP contribution in [-0.2, 0) is 11.3 Å². The van der Waals surface area contributed by atoms with Crippen molar-refractivity contribution in [2.45, 2.75) is 6.54 Å². The van der Waals surface area contributed by atoms with Gasteiger partial charge in [0.1, 0.15) is 5.01 Å². The third-order valence-electron chi connectivity index (χ3n) is 2.93. The second-order valence-corrected chi connectivity index (χ2v) is 5.15. The summed E-state index contributed by atoms with van der Waals surface area (Å²) in [6, 6.07) is 5.88. The van der Waals surface area contributed by atoms with E-state index in [2.05, 4.69) is 25.8 Å². The first-order chi connectivity index (χ1) is 9.42. The second-order valence-electron chi connectivity index (χ2n) is 4.29. The van der Waals surface area contributed by atoms with E-state index in [9.17, 15) is 0 Å². The van der Waals surface area contributed by atoms with Gasteiger partial charge in [-0.05, 0) is 12.1 Å². The molecule has 19 heavy (non-hydrogen) atoms. The lowest BCUT2D eigenvalue weighted by atomic mass is 10.4. The number of hydrazine groups is 1. The quantitative estimate of drug-likeness (QED) is 0.918. The Morgan fingerprint density at radius 1 is 1.32 bits per heavy atom. The smallest absolute Gasteiger partial charge is 0.142 e. The molecule has 0 atom stereocenters. The predicted octanol–water partition coefficient (Wildman–Crippen LogP) is 1.54. The monoisotopic (exact) mass is 276 g/mol. The Hall–Kier alpha value is -1.34. The summed E-state index contributed by atoms with van der Waals surface area (Å²) < 4.78 is 5.31. The lowest BCUT2D eigenvalue weighted by Gasteiger charge is -2.26. The molecule has 0 bridgehead atoms. The van der Waals surface area contributed by atoms with Crippen LogP contribution in [0.4, 0.5) is 0 Å². The molecular weight excluding hydrogens is 260 g/mol. The number of morpholine rings is 1. The number of thiazole rings is 1. The molecule has 0 aromatic carbocycles. The average molecular weight is 276 g/mol. The molecule has 1 fully saturated rings. The number of nitrogens with zero attached hydrogens (tertiary/aromatic N) is 3. The Kier molecular flexibility index (Phi) is 4.14. The minimum atomic E-state index is 0.753. The maximum atomic E-state index is 5.31. The van der Waals surface area contributed by atoms with Crippen LogP contribution in [-0.4, -0.2) is 41.3 Å². The molecule has 3 rings (SSSR count). The highest BCUT2D eigenvalue weighted by atomic mass is 32.1. The first-order valence-corrected chi connectivity index (χ1v) is 7.22. The van der Waals surface area contributed by atoms with Gasteiger partial charge in [0.25, 0.3) is 0 Å². The molecule has 0 amide bonds. The first kappa shape index (κ1) is 12.7. The minimum Gasteiger partial charge on any atom is -0.379 e. The maximum Gasteiger partial charge on any atom is 0.142 e. The SMILES string of the molecule is c1ccc(-c2nc(CNN3CCOCC3)cs2)nc1. The molecule has 1 aliphatic rings. The highest BCUT2D eigenvalue weighted by molar-refractivity contribution is 7.13. The molecule has 6 heteroatoms. The number of hydrogen-bond donors (Lipinski definition) is 1. The van der Waals surface area contributed by atoms with Crippen molar-refractivity contribution in [3.8, 4) is 10.7 Å². The third kappa shape index (κ3) is 3.36. The van der Waals surface area contributed by atoms with Crippen LogP contribution < -0.4 is 5.43 Å². The van der Waals surface area contributed by atoms with Crippen molar-refractivity contribution in [2.24, 2.45) is 0 Å². The lowest BCUT2D eigenvalue weighted by Crippen LogP contribution is -2.45. The molecule has 0 spiro atoms. The van der Waals surface area contributed by atoms with Crippen molar-refractivity contribution < 1.29 is 4.74 Å². The fourth-order valence-corrected chi connectivity index (χ4v) is 2.70. The van der Waals surface area contributed by atoms with Gasteiger partial charge in [0, 0.05) is 24.7 Å². The van der Waals surface area contributed by atoms with Crippen LogP contribution in [0, 0.1) is 0 Å². The van der Waals surface area contributed by atoms with Crippen molar-refractivity contribution in [1.29, 1.82) is 0 Å². The van der Waals surface area contributed by atoms with E-state index >= 15 is 0 Å². The molecule has 5 nitrogen and oxygen atoms in total. The number of hydrogen-bond acceptors (Lipinski definition) is 6. The van der Waals surface area contributed by atoms with Crippen molar-refractivity contribution in [1.82, 2.24) is 20.4 Å². The lowest BCUT2D eigenvalue weighted by molar-refractivity contribution is 0.0104. The van der Waals surface area contributed by atoms with E-state index < -0.39 is 0 Å². The van der Waals surface area contributed by atoms with E-state index in [0.717, 1.165) is 49.2 Å². The average Bonchev–Trinajstić information content (AvgIpc) is 2.96. The summed E-state index contributed by atoms with van der Waals surface area (Å²) in [4.78, 5) is 8.91. The highest BCUT2D eigenvalue weighted by Gasteiger charge is 2.11. The van der Waals surface area contributed by atoms with Crippen LogP contribution in [0.1, 0.15) is 5.69 Å².